The van der Waals surface area contributed by atoms with Gasteiger partial charge in [-0.2, -0.15) is 0 Å². The van der Waals surface area contributed by atoms with Crippen molar-refractivity contribution < 1.29 is 18.8 Å². The summed E-state index contributed by atoms with van der Waals surface area (Å²) in [7, 11) is 0. The van der Waals surface area contributed by atoms with Crippen LogP contribution in [0.25, 0.3) is 0 Å². The second-order valence-corrected chi connectivity index (χ2v) is 3.42. The lowest BCUT2D eigenvalue weighted by Gasteiger charge is -2.06. The Bertz CT molecular complexity index is 459. The summed E-state index contributed by atoms with van der Waals surface area (Å²) in [5.74, 6) is -1.23. The molecule has 0 saturated heterocycles. The zero-order valence-electron chi connectivity index (χ0n) is 9.53. The SMILES string of the molecule is CCOC(=O)Cc1ccc(F)c(C)c1[N+](=O)[O-]. The summed E-state index contributed by atoms with van der Waals surface area (Å²) in [6, 6.07) is 2.34. The predicted molar refractivity (Wildman–Crippen MR) is 58.1 cm³/mol. The molecule has 0 atom stereocenters. The quantitative estimate of drug-likeness (QED) is 0.460. The maximum atomic E-state index is 13.2. The lowest BCUT2D eigenvalue weighted by molar-refractivity contribution is -0.386. The number of halogens is 1. The van der Waals surface area contributed by atoms with Gasteiger partial charge >= 0.3 is 5.97 Å². The summed E-state index contributed by atoms with van der Waals surface area (Å²) in [5.41, 5.74) is -0.276. The minimum Gasteiger partial charge on any atom is -0.466 e. The zero-order chi connectivity index (χ0) is 13.0. The summed E-state index contributed by atoms with van der Waals surface area (Å²) in [6.45, 7) is 3.15. The first-order chi connectivity index (χ1) is 7.97. The van der Waals surface area contributed by atoms with Gasteiger partial charge in [-0.15, -0.1) is 0 Å². The van der Waals surface area contributed by atoms with Gasteiger partial charge in [-0.1, -0.05) is 0 Å². The van der Waals surface area contributed by atoms with Crippen LogP contribution in [0.1, 0.15) is 18.1 Å². The molecule has 0 aliphatic carbocycles. The van der Waals surface area contributed by atoms with Crippen LogP contribution in [0.3, 0.4) is 0 Å². The zero-order valence-corrected chi connectivity index (χ0v) is 9.53. The first kappa shape index (κ1) is 13.1. The number of hydrogen-bond donors (Lipinski definition) is 0. The van der Waals surface area contributed by atoms with E-state index in [1.807, 2.05) is 0 Å². The lowest BCUT2D eigenvalue weighted by Crippen LogP contribution is -2.10. The number of nitrogens with zero attached hydrogens (tertiary/aromatic N) is 1. The monoisotopic (exact) mass is 241 g/mol. The van der Waals surface area contributed by atoms with E-state index in [1.165, 1.54) is 13.0 Å². The second-order valence-electron chi connectivity index (χ2n) is 3.42. The molecule has 92 valence electrons. The maximum absolute atomic E-state index is 13.2. The van der Waals surface area contributed by atoms with Crippen LogP contribution in [0, 0.1) is 22.9 Å². The molecule has 6 heteroatoms. The highest BCUT2D eigenvalue weighted by Gasteiger charge is 2.22. The molecular weight excluding hydrogens is 229 g/mol. The lowest BCUT2D eigenvalue weighted by atomic mass is 10.1. The Kier molecular flexibility index (Phi) is 4.14. The van der Waals surface area contributed by atoms with Gasteiger partial charge < -0.3 is 4.74 Å². The Balaban J connectivity index is 3.11. The number of carbonyl (C=O) groups excluding carboxylic acids is 1. The molecule has 0 unspecified atom stereocenters. The van der Waals surface area contributed by atoms with Crippen molar-refractivity contribution in [2.24, 2.45) is 0 Å². The number of ether oxygens (including phenoxy) is 1. The minimum absolute atomic E-state index is 0.0724. The summed E-state index contributed by atoms with van der Waals surface area (Å²) in [4.78, 5) is 21.4. The average Bonchev–Trinajstić information content (AvgIpc) is 2.23. The predicted octanol–water partition coefficient (Wildman–Crippen LogP) is 2.15. The van der Waals surface area contributed by atoms with Crippen molar-refractivity contribution in [2.45, 2.75) is 20.3 Å². The van der Waals surface area contributed by atoms with E-state index in [2.05, 4.69) is 0 Å². The van der Waals surface area contributed by atoms with Crippen LogP contribution < -0.4 is 0 Å². The molecule has 0 aliphatic rings. The van der Waals surface area contributed by atoms with E-state index in [4.69, 9.17) is 4.74 Å². The van der Waals surface area contributed by atoms with Crippen LogP contribution in [0.5, 0.6) is 0 Å². The van der Waals surface area contributed by atoms with Crippen molar-refractivity contribution in [1.82, 2.24) is 0 Å². The molecule has 1 aromatic rings. The number of nitro groups is 1. The van der Waals surface area contributed by atoms with Gasteiger partial charge in [0.25, 0.3) is 5.69 Å². The summed E-state index contributed by atoms with van der Waals surface area (Å²) >= 11 is 0. The van der Waals surface area contributed by atoms with Crippen molar-refractivity contribution in [2.75, 3.05) is 6.61 Å². The molecule has 17 heavy (non-hydrogen) atoms. The van der Waals surface area contributed by atoms with Gasteiger partial charge in [-0.3, -0.25) is 14.9 Å². The molecule has 0 N–H and O–H groups in total. The summed E-state index contributed by atoms with van der Waals surface area (Å²) in [6.07, 6.45) is -0.231. The summed E-state index contributed by atoms with van der Waals surface area (Å²) in [5, 5.41) is 10.8. The van der Waals surface area contributed by atoms with Gasteiger partial charge in [0.15, 0.2) is 0 Å². The minimum atomic E-state index is -0.688. The average molecular weight is 241 g/mol. The first-order valence-corrected chi connectivity index (χ1v) is 5.05. The second kappa shape index (κ2) is 5.38. The van der Waals surface area contributed by atoms with E-state index in [0.717, 1.165) is 6.07 Å². The third-order valence-electron chi connectivity index (χ3n) is 2.27. The first-order valence-electron chi connectivity index (χ1n) is 5.05. The molecule has 1 rings (SSSR count). The number of benzene rings is 1. The van der Waals surface area contributed by atoms with E-state index in [-0.39, 0.29) is 29.8 Å². The molecule has 0 spiro atoms. The molecule has 0 bridgehead atoms. The number of carbonyl (C=O) groups is 1. The van der Waals surface area contributed by atoms with Gasteiger partial charge in [-0.05, 0) is 26.0 Å². The molecule has 0 amide bonds. The maximum Gasteiger partial charge on any atom is 0.310 e. The summed E-state index contributed by atoms with van der Waals surface area (Å²) < 4.78 is 17.9. The van der Waals surface area contributed by atoms with Crippen molar-refractivity contribution in [3.63, 3.8) is 0 Å². The van der Waals surface area contributed by atoms with Crippen LogP contribution in [0.15, 0.2) is 12.1 Å². The molecular formula is C11H12FNO4. The molecule has 0 aromatic heterocycles. The number of hydrogen-bond acceptors (Lipinski definition) is 4. The van der Waals surface area contributed by atoms with Crippen LogP contribution in [0.2, 0.25) is 0 Å². The smallest absolute Gasteiger partial charge is 0.310 e. The third kappa shape index (κ3) is 2.99. The van der Waals surface area contributed by atoms with Crippen LogP contribution in [-0.2, 0) is 16.0 Å². The largest absolute Gasteiger partial charge is 0.466 e. The molecule has 1 aromatic carbocycles. The van der Waals surface area contributed by atoms with E-state index in [0.29, 0.717) is 0 Å². The normalized spacial score (nSPS) is 10.1. The number of esters is 1. The van der Waals surface area contributed by atoms with Crippen LogP contribution in [-0.4, -0.2) is 17.5 Å². The van der Waals surface area contributed by atoms with Gasteiger partial charge in [0, 0.05) is 5.56 Å². The number of rotatable bonds is 4. The Morgan fingerprint density at radius 1 is 1.53 bits per heavy atom. The van der Waals surface area contributed by atoms with Crippen molar-refractivity contribution in [1.29, 1.82) is 0 Å². The molecule has 5 nitrogen and oxygen atoms in total. The van der Waals surface area contributed by atoms with Crippen LogP contribution in [0.4, 0.5) is 10.1 Å². The highest BCUT2D eigenvalue weighted by atomic mass is 19.1. The van der Waals surface area contributed by atoms with Gasteiger partial charge in [0.2, 0.25) is 0 Å². The van der Waals surface area contributed by atoms with Crippen molar-refractivity contribution >= 4 is 11.7 Å². The Morgan fingerprint density at radius 3 is 2.71 bits per heavy atom. The van der Waals surface area contributed by atoms with Crippen molar-refractivity contribution in [3.05, 3.63) is 39.2 Å². The van der Waals surface area contributed by atoms with Gasteiger partial charge in [0.05, 0.1) is 23.5 Å². The Labute approximate surface area is 97.3 Å². The number of nitro benzene ring substituents is 1. The van der Waals surface area contributed by atoms with Crippen molar-refractivity contribution in [3.8, 4) is 0 Å². The van der Waals surface area contributed by atoms with E-state index < -0.39 is 16.7 Å². The van der Waals surface area contributed by atoms with E-state index in [1.54, 1.807) is 6.92 Å². The molecule has 0 radical (unpaired) electrons. The Morgan fingerprint density at radius 2 is 2.18 bits per heavy atom. The highest BCUT2D eigenvalue weighted by Crippen LogP contribution is 2.26. The molecule has 0 heterocycles. The molecule has 0 fully saturated rings. The fourth-order valence-electron chi connectivity index (χ4n) is 1.50. The van der Waals surface area contributed by atoms with E-state index >= 15 is 0 Å². The van der Waals surface area contributed by atoms with Gasteiger partial charge in [-0.25, -0.2) is 4.39 Å². The molecule has 0 saturated carbocycles. The topological polar surface area (TPSA) is 69.4 Å². The standard InChI is InChI=1S/C11H12FNO4/c1-3-17-10(14)6-8-4-5-9(12)7(2)11(8)13(15)16/h4-5H,3,6H2,1-2H3. The fraction of sp³-hybridized carbons (Fsp3) is 0.364. The van der Waals surface area contributed by atoms with Gasteiger partial charge in [0.1, 0.15) is 5.82 Å². The fourth-order valence-corrected chi connectivity index (χ4v) is 1.50. The highest BCUT2D eigenvalue weighted by molar-refractivity contribution is 5.74. The Hall–Kier alpha value is -1.98. The van der Waals surface area contributed by atoms with E-state index in [9.17, 15) is 19.3 Å². The van der Waals surface area contributed by atoms with Crippen LogP contribution >= 0.6 is 0 Å². The third-order valence-corrected chi connectivity index (χ3v) is 2.27. The molecule has 0 aliphatic heterocycles.